The van der Waals surface area contributed by atoms with E-state index in [-0.39, 0.29) is 0 Å². The van der Waals surface area contributed by atoms with Crippen molar-refractivity contribution in [2.24, 2.45) is 4.99 Å². The van der Waals surface area contributed by atoms with Crippen molar-refractivity contribution in [2.75, 3.05) is 4.72 Å². The number of allylic oxidation sites excluding steroid dienone is 3. The third kappa shape index (κ3) is 6.89. The predicted molar refractivity (Wildman–Crippen MR) is 101 cm³/mol. The van der Waals surface area contributed by atoms with Crippen LogP contribution in [0.3, 0.4) is 0 Å². The van der Waals surface area contributed by atoms with Gasteiger partial charge < -0.3 is 5.32 Å². The van der Waals surface area contributed by atoms with Gasteiger partial charge >= 0.3 is 15.5 Å². The lowest BCUT2D eigenvalue weighted by Gasteiger charge is -2.10. The van der Waals surface area contributed by atoms with Crippen LogP contribution < -0.4 is 10.0 Å². The summed E-state index contributed by atoms with van der Waals surface area (Å²) in [5, 5.41) is 2.97. The van der Waals surface area contributed by atoms with Gasteiger partial charge in [0.05, 0.1) is 0 Å². The van der Waals surface area contributed by atoms with Crippen LogP contribution >= 0.6 is 0 Å². The van der Waals surface area contributed by atoms with Crippen LogP contribution in [0.15, 0.2) is 53.6 Å². The number of pyridine rings is 1. The van der Waals surface area contributed by atoms with Gasteiger partial charge in [-0.25, -0.2) is 4.98 Å². The molecule has 0 spiro atoms. The van der Waals surface area contributed by atoms with Crippen molar-refractivity contribution in [2.45, 2.75) is 32.2 Å². The molecule has 2 N–H and O–H groups in total. The summed E-state index contributed by atoms with van der Waals surface area (Å²) in [5.74, 6) is -0.426. The molecule has 0 saturated carbocycles. The molecule has 0 radical (unpaired) electrons. The zero-order valence-corrected chi connectivity index (χ0v) is 15.8. The third-order valence-electron chi connectivity index (χ3n) is 3.29. The normalized spacial score (nSPS) is 13.2. The lowest BCUT2D eigenvalue weighted by molar-refractivity contribution is -0.0429. The van der Waals surface area contributed by atoms with Gasteiger partial charge in [0.2, 0.25) is 0 Å². The Bertz CT molecular complexity index is 842. The average molecular weight is 402 g/mol. The van der Waals surface area contributed by atoms with Crippen LogP contribution in [0, 0.1) is 0 Å². The number of aliphatic imine (C=N–C) groups is 1. The molecule has 0 amide bonds. The molecule has 1 heterocycles. The van der Waals surface area contributed by atoms with E-state index in [1.54, 1.807) is 19.2 Å². The Labute approximate surface area is 156 Å². The predicted octanol–water partition coefficient (Wildman–Crippen LogP) is 4.19. The van der Waals surface area contributed by atoms with Crippen molar-refractivity contribution in [1.29, 1.82) is 0 Å². The van der Waals surface area contributed by atoms with Gasteiger partial charge in [0.15, 0.2) is 0 Å². The topological polar surface area (TPSA) is 83.5 Å². The van der Waals surface area contributed by atoms with Gasteiger partial charge in [-0.2, -0.15) is 21.6 Å². The molecule has 1 aromatic heterocycles. The van der Waals surface area contributed by atoms with E-state index in [1.165, 1.54) is 17.0 Å². The maximum absolute atomic E-state index is 12.3. The second-order valence-electron chi connectivity index (χ2n) is 5.52. The molecule has 6 nitrogen and oxygen atoms in total. The van der Waals surface area contributed by atoms with Crippen LogP contribution in [-0.4, -0.2) is 25.6 Å². The zero-order valence-electron chi connectivity index (χ0n) is 15.0. The fourth-order valence-electron chi connectivity index (χ4n) is 1.86. The minimum Gasteiger partial charge on any atom is -0.362 e. The minimum atomic E-state index is -5.50. The van der Waals surface area contributed by atoms with Crippen LogP contribution in [0.2, 0.25) is 0 Å². The molecule has 0 atom stereocenters. The lowest BCUT2D eigenvalue weighted by Crippen LogP contribution is -2.30. The fraction of sp³-hybridized carbons (Fsp3) is 0.294. The number of aromatic nitrogens is 1. The number of nitrogens with one attached hydrogen (secondary N) is 2. The highest BCUT2D eigenvalue weighted by molar-refractivity contribution is 7.93. The SMILES string of the molecule is C=N/C(=C\C(=C)N/C=C(\C)c1ccc(NS(=O)(=O)C(F)(F)F)nc1)CCC. The summed E-state index contributed by atoms with van der Waals surface area (Å²) in [7, 11) is -5.50. The molecule has 0 unspecified atom stereocenters. The molecule has 27 heavy (non-hydrogen) atoms. The van der Waals surface area contributed by atoms with Gasteiger partial charge in [0.1, 0.15) is 5.82 Å². The second kappa shape index (κ2) is 9.36. The number of halogens is 3. The first-order valence-corrected chi connectivity index (χ1v) is 9.33. The summed E-state index contributed by atoms with van der Waals surface area (Å²) in [6.07, 6.45) is 6.35. The Morgan fingerprint density at radius 2 is 2.04 bits per heavy atom. The number of nitrogens with zero attached hydrogens (tertiary/aromatic N) is 2. The van der Waals surface area contributed by atoms with Gasteiger partial charge in [-0.3, -0.25) is 9.71 Å². The summed E-state index contributed by atoms with van der Waals surface area (Å²) in [6, 6.07) is 2.59. The largest absolute Gasteiger partial charge is 0.516 e. The Hall–Kier alpha value is -2.62. The van der Waals surface area contributed by atoms with Gasteiger partial charge in [0, 0.05) is 23.8 Å². The van der Waals surface area contributed by atoms with E-state index in [4.69, 9.17) is 0 Å². The number of hydrogen-bond donors (Lipinski definition) is 2. The number of alkyl halides is 3. The van der Waals surface area contributed by atoms with Gasteiger partial charge in [-0.05, 0) is 49.4 Å². The number of anilines is 1. The number of hydrogen-bond acceptors (Lipinski definition) is 5. The smallest absolute Gasteiger partial charge is 0.362 e. The summed E-state index contributed by atoms with van der Waals surface area (Å²) in [4.78, 5) is 7.60. The van der Waals surface area contributed by atoms with E-state index in [1.807, 2.05) is 6.92 Å². The average Bonchev–Trinajstić information content (AvgIpc) is 2.58. The minimum absolute atomic E-state index is 0.426. The third-order valence-corrected chi connectivity index (χ3v) is 4.37. The molecule has 0 saturated heterocycles. The molecule has 1 rings (SSSR count). The van der Waals surface area contributed by atoms with Crippen molar-refractivity contribution in [3.8, 4) is 0 Å². The van der Waals surface area contributed by atoms with Gasteiger partial charge in [0.25, 0.3) is 0 Å². The van der Waals surface area contributed by atoms with Crippen LogP contribution in [0.25, 0.3) is 5.57 Å². The highest BCUT2D eigenvalue weighted by Crippen LogP contribution is 2.25. The molecule has 0 aliphatic heterocycles. The van der Waals surface area contributed by atoms with Crippen LogP contribution in [0.4, 0.5) is 19.0 Å². The van der Waals surface area contributed by atoms with Crippen molar-refractivity contribution in [3.63, 3.8) is 0 Å². The van der Waals surface area contributed by atoms with Crippen LogP contribution in [0.5, 0.6) is 0 Å². The van der Waals surface area contributed by atoms with E-state index in [2.05, 4.69) is 28.6 Å². The van der Waals surface area contributed by atoms with E-state index in [0.717, 1.165) is 24.6 Å². The monoisotopic (exact) mass is 402 g/mol. The summed E-state index contributed by atoms with van der Waals surface area (Å²) in [6.45, 7) is 11.1. The molecular formula is C17H21F3N4O2S. The number of sulfonamides is 1. The Morgan fingerprint density at radius 3 is 2.52 bits per heavy atom. The molecule has 0 aliphatic rings. The van der Waals surface area contributed by atoms with E-state index in [0.29, 0.717) is 16.8 Å². The maximum atomic E-state index is 12.3. The van der Waals surface area contributed by atoms with Crippen LogP contribution in [0.1, 0.15) is 32.3 Å². The van der Waals surface area contributed by atoms with Crippen molar-refractivity contribution < 1.29 is 21.6 Å². The van der Waals surface area contributed by atoms with E-state index < -0.39 is 21.3 Å². The highest BCUT2D eigenvalue weighted by Gasteiger charge is 2.46. The highest BCUT2D eigenvalue weighted by atomic mass is 32.2. The Morgan fingerprint density at radius 1 is 1.37 bits per heavy atom. The molecule has 0 fully saturated rings. The van der Waals surface area contributed by atoms with Crippen molar-refractivity contribution >= 4 is 28.1 Å². The van der Waals surface area contributed by atoms with E-state index in [9.17, 15) is 21.6 Å². The first-order chi connectivity index (χ1) is 12.5. The van der Waals surface area contributed by atoms with E-state index >= 15 is 0 Å². The second-order valence-corrected chi connectivity index (χ2v) is 7.20. The molecular weight excluding hydrogens is 381 g/mol. The Balaban J connectivity index is 2.82. The molecule has 10 heteroatoms. The summed E-state index contributed by atoms with van der Waals surface area (Å²) in [5.41, 5.74) is -2.72. The van der Waals surface area contributed by atoms with Gasteiger partial charge in [-0.15, -0.1) is 0 Å². The van der Waals surface area contributed by atoms with Crippen LogP contribution in [-0.2, 0) is 10.0 Å². The first-order valence-electron chi connectivity index (χ1n) is 7.85. The van der Waals surface area contributed by atoms with Crippen molar-refractivity contribution in [3.05, 3.63) is 54.1 Å². The summed E-state index contributed by atoms with van der Waals surface area (Å²) >= 11 is 0. The molecule has 0 bridgehead atoms. The summed E-state index contributed by atoms with van der Waals surface area (Å²) < 4.78 is 60.5. The zero-order chi connectivity index (χ0) is 20.7. The lowest BCUT2D eigenvalue weighted by atomic mass is 10.1. The maximum Gasteiger partial charge on any atom is 0.516 e. The quantitative estimate of drug-likeness (QED) is 0.479. The van der Waals surface area contributed by atoms with Gasteiger partial charge in [-0.1, -0.05) is 19.9 Å². The first kappa shape index (κ1) is 22.4. The Kier molecular flexibility index (Phi) is 7.77. The molecule has 1 aromatic rings. The molecule has 148 valence electrons. The van der Waals surface area contributed by atoms with Crippen molar-refractivity contribution in [1.82, 2.24) is 10.3 Å². The fourth-order valence-corrected chi connectivity index (χ4v) is 2.37. The molecule has 0 aromatic carbocycles. The number of rotatable bonds is 9. The molecule has 0 aliphatic carbocycles. The standard InChI is InChI=1S/C17H21F3N4O2S/c1-5-6-15(21-4)9-13(3)22-10-12(2)14-7-8-16(23-11-14)24-27(25,26)17(18,19)20/h7-11,22H,3-6H2,1-2H3,(H,23,24)/b12-10+,15-9-.